The Bertz CT molecular complexity index is 807. The van der Waals surface area contributed by atoms with Crippen LogP contribution in [-0.2, 0) is 5.41 Å². The lowest BCUT2D eigenvalue weighted by molar-refractivity contribution is 0.368. The number of hydrogen-bond donors (Lipinski definition) is 0. The first kappa shape index (κ1) is 26.0. The normalized spacial score (nSPS) is 14.2. The summed E-state index contributed by atoms with van der Waals surface area (Å²) in [4.78, 5) is 4.62. The summed E-state index contributed by atoms with van der Waals surface area (Å²) in [6.45, 7) is 6.95. The molecule has 3 rings (SSSR count). The summed E-state index contributed by atoms with van der Waals surface area (Å²) < 4.78 is 0. The van der Waals surface area contributed by atoms with Crippen molar-refractivity contribution in [3.05, 3.63) is 58.7 Å². The number of benzene rings is 2. The maximum atomic E-state index is 2.52. The minimum absolute atomic E-state index is 0.200. The van der Waals surface area contributed by atoms with Gasteiger partial charge in [-0.3, -0.25) is 0 Å². The predicted octanol–water partition coefficient (Wildman–Crippen LogP) is 7.59. The van der Waals surface area contributed by atoms with E-state index in [9.17, 15) is 0 Å². The summed E-state index contributed by atoms with van der Waals surface area (Å²) in [7, 11) is 8.74. The molecule has 0 heterocycles. The van der Waals surface area contributed by atoms with Gasteiger partial charge in [-0.05, 0) is 103 Å². The Hall–Kier alpha value is -1.64. The molecular formula is C31H48N2. The van der Waals surface area contributed by atoms with Gasteiger partial charge in [0, 0.05) is 5.41 Å². The summed E-state index contributed by atoms with van der Waals surface area (Å²) in [6.07, 6.45) is 13.3. The van der Waals surface area contributed by atoms with Gasteiger partial charge in [0.2, 0.25) is 0 Å². The van der Waals surface area contributed by atoms with Gasteiger partial charge in [0.05, 0.1) is 0 Å². The van der Waals surface area contributed by atoms with Crippen LogP contribution in [-0.4, -0.2) is 51.1 Å². The lowest BCUT2D eigenvalue weighted by atomic mass is 9.70. The SMILES string of the molecule is Cc1ccc2c(c1)C(CCCCCCN(C)C)(CCCCCCN(C)C)c1cc(C)ccc1-2. The molecule has 2 aromatic carbocycles. The topological polar surface area (TPSA) is 6.48 Å². The average Bonchev–Trinajstić information content (AvgIpc) is 3.01. The highest BCUT2D eigenvalue weighted by Crippen LogP contribution is 2.54. The number of aryl methyl sites for hydroxylation is 2. The zero-order chi connectivity index (χ0) is 23.8. The van der Waals surface area contributed by atoms with Crippen LogP contribution in [0, 0.1) is 13.8 Å². The molecule has 0 atom stereocenters. The molecule has 1 aliphatic carbocycles. The van der Waals surface area contributed by atoms with E-state index in [-0.39, 0.29) is 5.41 Å². The van der Waals surface area contributed by atoms with Crippen molar-refractivity contribution in [2.75, 3.05) is 41.3 Å². The zero-order valence-electron chi connectivity index (χ0n) is 22.3. The summed E-state index contributed by atoms with van der Waals surface area (Å²) in [5.41, 5.74) is 9.23. The fraction of sp³-hybridized carbons (Fsp3) is 0.613. The molecule has 1 aliphatic rings. The predicted molar refractivity (Wildman–Crippen MR) is 145 cm³/mol. The highest BCUT2D eigenvalue weighted by Gasteiger charge is 2.42. The van der Waals surface area contributed by atoms with E-state index in [0.29, 0.717) is 0 Å². The van der Waals surface area contributed by atoms with Gasteiger partial charge in [-0.15, -0.1) is 0 Å². The molecule has 182 valence electrons. The van der Waals surface area contributed by atoms with E-state index in [2.05, 4.69) is 88.2 Å². The fourth-order valence-electron chi connectivity index (χ4n) is 5.80. The van der Waals surface area contributed by atoms with E-state index in [0.717, 1.165) is 0 Å². The average molecular weight is 449 g/mol. The molecule has 0 fully saturated rings. The summed E-state index contributed by atoms with van der Waals surface area (Å²) in [5.74, 6) is 0. The van der Waals surface area contributed by atoms with Crippen LogP contribution in [0.3, 0.4) is 0 Å². The van der Waals surface area contributed by atoms with Crippen LogP contribution >= 0.6 is 0 Å². The molecule has 0 amide bonds. The maximum Gasteiger partial charge on any atom is 0.0215 e. The standard InChI is InChI=1S/C31H48N2/c1-25-15-17-27-28-18-16-26(2)24-30(28)31(29(27)23-25,19-11-7-9-13-21-32(3)4)20-12-8-10-14-22-33(5)6/h15-18,23-24H,7-14,19-22H2,1-6H3. The van der Waals surface area contributed by atoms with Gasteiger partial charge in [0.15, 0.2) is 0 Å². The Labute approximate surface area is 204 Å². The van der Waals surface area contributed by atoms with E-state index in [1.807, 2.05) is 0 Å². The van der Waals surface area contributed by atoms with E-state index < -0.39 is 0 Å². The third-order valence-corrected chi connectivity index (χ3v) is 7.59. The van der Waals surface area contributed by atoms with Crippen molar-refractivity contribution in [1.29, 1.82) is 0 Å². The second kappa shape index (κ2) is 12.2. The first-order chi connectivity index (χ1) is 15.8. The largest absolute Gasteiger partial charge is 0.309 e. The van der Waals surface area contributed by atoms with Crippen molar-refractivity contribution in [3.8, 4) is 11.1 Å². The van der Waals surface area contributed by atoms with Crippen molar-refractivity contribution < 1.29 is 0 Å². The molecule has 0 unspecified atom stereocenters. The van der Waals surface area contributed by atoms with Gasteiger partial charge in [0.25, 0.3) is 0 Å². The molecule has 2 aromatic rings. The van der Waals surface area contributed by atoms with Gasteiger partial charge < -0.3 is 9.80 Å². The Balaban J connectivity index is 1.80. The lowest BCUT2D eigenvalue weighted by Gasteiger charge is -2.33. The van der Waals surface area contributed by atoms with Crippen LogP contribution in [0.5, 0.6) is 0 Å². The minimum atomic E-state index is 0.200. The summed E-state index contributed by atoms with van der Waals surface area (Å²) in [6, 6.07) is 14.4. The minimum Gasteiger partial charge on any atom is -0.309 e. The first-order valence-electron chi connectivity index (χ1n) is 13.4. The quantitative estimate of drug-likeness (QED) is 0.275. The monoisotopic (exact) mass is 448 g/mol. The number of fused-ring (bicyclic) bond motifs is 3. The van der Waals surface area contributed by atoms with Gasteiger partial charge in [-0.1, -0.05) is 86.1 Å². The number of hydrogen-bond acceptors (Lipinski definition) is 2. The van der Waals surface area contributed by atoms with Gasteiger partial charge in [-0.2, -0.15) is 0 Å². The van der Waals surface area contributed by atoms with Crippen LogP contribution in [0.1, 0.15) is 86.5 Å². The lowest BCUT2D eigenvalue weighted by Crippen LogP contribution is -2.26. The molecular weight excluding hydrogens is 400 g/mol. The molecule has 0 saturated heterocycles. The number of nitrogens with zero attached hydrogens (tertiary/aromatic N) is 2. The molecule has 2 heteroatoms. The molecule has 0 radical (unpaired) electrons. The highest BCUT2D eigenvalue weighted by molar-refractivity contribution is 5.81. The van der Waals surface area contributed by atoms with E-state index >= 15 is 0 Å². The third-order valence-electron chi connectivity index (χ3n) is 7.59. The second-order valence-electron chi connectivity index (χ2n) is 11.1. The Morgan fingerprint density at radius 2 is 0.939 bits per heavy atom. The van der Waals surface area contributed by atoms with Crippen molar-refractivity contribution in [1.82, 2.24) is 9.80 Å². The van der Waals surface area contributed by atoms with Crippen molar-refractivity contribution >= 4 is 0 Å². The molecule has 0 bridgehead atoms. The number of rotatable bonds is 14. The van der Waals surface area contributed by atoms with E-state index in [1.165, 1.54) is 99.6 Å². The molecule has 0 aliphatic heterocycles. The second-order valence-corrected chi connectivity index (χ2v) is 11.1. The first-order valence-corrected chi connectivity index (χ1v) is 13.4. The summed E-state index contributed by atoms with van der Waals surface area (Å²) >= 11 is 0. The summed E-state index contributed by atoms with van der Waals surface area (Å²) in [5, 5.41) is 0. The molecule has 0 saturated carbocycles. The molecule has 2 nitrogen and oxygen atoms in total. The molecule has 0 spiro atoms. The Morgan fingerprint density at radius 1 is 0.545 bits per heavy atom. The Morgan fingerprint density at radius 3 is 1.33 bits per heavy atom. The van der Waals surface area contributed by atoms with E-state index in [1.54, 1.807) is 11.1 Å². The smallest absolute Gasteiger partial charge is 0.0215 e. The van der Waals surface area contributed by atoms with Crippen LogP contribution in [0.2, 0.25) is 0 Å². The van der Waals surface area contributed by atoms with Crippen LogP contribution < -0.4 is 0 Å². The van der Waals surface area contributed by atoms with Crippen molar-refractivity contribution in [2.45, 2.75) is 83.5 Å². The van der Waals surface area contributed by atoms with Crippen molar-refractivity contribution in [2.24, 2.45) is 0 Å². The van der Waals surface area contributed by atoms with Crippen LogP contribution in [0.15, 0.2) is 36.4 Å². The fourth-order valence-corrected chi connectivity index (χ4v) is 5.80. The van der Waals surface area contributed by atoms with Crippen LogP contribution in [0.25, 0.3) is 11.1 Å². The van der Waals surface area contributed by atoms with Gasteiger partial charge in [-0.25, -0.2) is 0 Å². The zero-order valence-corrected chi connectivity index (χ0v) is 22.3. The van der Waals surface area contributed by atoms with E-state index in [4.69, 9.17) is 0 Å². The van der Waals surface area contributed by atoms with Crippen molar-refractivity contribution in [3.63, 3.8) is 0 Å². The van der Waals surface area contributed by atoms with Crippen LogP contribution in [0.4, 0.5) is 0 Å². The van der Waals surface area contributed by atoms with Gasteiger partial charge >= 0.3 is 0 Å². The molecule has 33 heavy (non-hydrogen) atoms. The maximum absolute atomic E-state index is 2.52. The molecule has 0 N–H and O–H groups in total. The highest BCUT2D eigenvalue weighted by atomic mass is 15.0. The third kappa shape index (κ3) is 6.70. The number of unbranched alkanes of at least 4 members (excludes halogenated alkanes) is 6. The Kier molecular flexibility index (Phi) is 9.58. The van der Waals surface area contributed by atoms with Gasteiger partial charge in [0.1, 0.15) is 0 Å². The molecule has 0 aromatic heterocycles.